The number of halogens is 1. The first kappa shape index (κ1) is 13.0. The average molecular weight is 278 g/mol. The van der Waals surface area contributed by atoms with Gasteiger partial charge in [0.15, 0.2) is 0 Å². The molecule has 0 radical (unpaired) electrons. The van der Waals surface area contributed by atoms with Gasteiger partial charge < -0.3 is 9.64 Å². The van der Waals surface area contributed by atoms with E-state index in [0.29, 0.717) is 6.42 Å². The average Bonchev–Trinajstić information content (AvgIpc) is 2.19. The van der Waals surface area contributed by atoms with Crippen molar-refractivity contribution in [2.45, 2.75) is 38.2 Å². The summed E-state index contributed by atoms with van der Waals surface area (Å²) in [5.41, 5.74) is -0.142. The van der Waals surface area contributed by atoms with Gasteiger partial charge in [-0.1, -0.05) is 15.9 Å². The molecule has 1 aliphatic rings. The van der Waals surface area contributed by atoms with Crippen LogP contribution in [0.3, 0.4) is 0 Å². The first-order valence-electron chi connectivity index (χ1n) is 5.56. The number of ether oxygens (including phenoxy) is 1. The summed E-state index contributed by atoms with van der Waals surface area (Å²) in [7, 11) is 1.72. The van der Waals surface area contributed by atoms with Crippen molar-refractivity contribution in [3.8, 4) is 0 Å². The summed E-state index contributed by atoms with van der Waals surface area (Å²) in [5.74, 6) is 0.221. The highest BCUT2D eigenvalue weighted by molar-refractivity contribution is 9.09. The van der Waals surface area contributed by atoms with Crippen molar-refractivity contribution < 1.29 is 9.53 Å². The second-order valence-electron chi connectivity index (χ2n) is 4.08. The van der Waals surface area contributed by atoms with E-state index in [1.165, 1.54) is 6.42 Å². The Hall–Kier alpha value is -0.0900. The molecule has 1 amide bonds. The van der Waals surface area contributed by atoms with E-state index in [1.54, 1.807) is 7.11 Å². The van der Waals surface area contributed by atoms with E-state index in [0.717, 1.165) is 31.3 Å². The number of carbonyl (C=O) groups excluding carboxylic acids is 1. The molecule has 0 aliphatic heterocycles. The third-order valence-corrected chi connectivity index (χ3v) is 3.61. The maximum atomic E-state index is 12.0. The number of rotatable bonds is 6. The molecular weight excluding hydrogens is 258 g/mol. The Balaban J connectivity index is 2.45. The van der Waals surface area contributed by atoms with Gasteiger partial charge in [0, 0.05) is 25.5 Å². The summed E-state index contributed by atoms with van der Waals surface area (Å²) in [5, 5.41) is 0.840. The molecular formula is C11H20BrNO2. The summed E-state index contributed by atoms with van der Waals surface area (Å²) in [6.07, 6.45) is 3.79. The molecule has 0 heterocycles. The number of alkyl halides is 1. The van der Waals surface area contributed by atoms with E-state index >= 15 is 0 Å². The van der Waals surface area contributed by atoms with Crippen LogP contribution in [0.15, 0.2) is 0 Å². The van der Waals surface area contributed by atoms with Crippen molar-refractivity contribution in [1.82, 2.24) is 4.90 Å². The number of hydrogen-bond donors (Lipinski definition) is 0. The van der Waals surface area contributed by atoms with Gasteiger partial charge in [-0.05, 0) is 26.2 Å². The Morgan fingerprint density at radius 3 is 2.53 bits per heavy atom. The molecule has 0 aromatic heterocycles. The van der Waals surface area contributed by atoms with Crippen LogP contribution in [0.25, 0.3) is 0 Å². The van der Waals surface area contributed by atoms with E-state index in [9.17, 15) is 4.79 Å². The molecule has 0 N–H and O–H groups in total. The van der Waals surface area contributed by atoms with Crippen molar-refractivity contribution in [2.75, 3.05) is 25.5 Å². The number of methoxy groups -OCH3 is 1. The Bertz CT molecular complexity index is 211. The largest absolute Gasteiger partial charge is 0.378 e. The quantitative estimate of drug-likeness (QED) is 0.697. The molecule has 1 rings (SSSR count). The lowest BCUT2D eigenvalue weighted by Gasteiger charge is -2.41. The Morgan fingerprint density at radius 2 is 2.20 bits per heavy atom. The predicted octanol–water partition coefficient (Wildman–Crippen LogP) is 2.19. The highest BCUT2D eigenvalue weighted by atomic mass is 79.9. The molecule has 0 unspecified atom stereocenters. The lowest BCUT2D eigenvalue weighted by atomic mass is 9.77. The van der Waals surface area contributed by atoms with Crippen LogP contribution >= 0.6 is 15.9 Å². The van der Waals surface area contributed by atoms with Crippen LogP contribution in [-0.4, -0.2) is 41.9 Å². The smallest absolute Gasteiger partial charge is 0.225 e. The van der Waals surface area contributed by atoms with Gasteiger partial charge in [0.2, 0.25) is 5.91 Å². The first-order chi connectivity index (χ1) is 7.17. The van der Waals surface area contributed by atoms with Crippen LogP contribution in [0.1, 0.15) is 32.6 Å². The van der Waals surface area contributed by atoms with Gasteiger partial charge in [-0.25, -0.2) is 0 Å². The standard InChI is InChI=1S/C11H20BrNO2/c1-3-13(8-7-12)10(14)9-11(15-2)5-4-6-11/h3-9H2,1-2H3. The molecule has 0 aromatic carbocycles. The van der Waals surface area contributed by atoms with Crippen LogP contribution in [0.4, 0.5) is 0 Å². The van der Waals surface area contributed by atoms with E-state index < -0.39 is 0 Å². The lowest BCUT2D eigenvalue weighted by Crippen LogP contribution is -2.45. The van der Waals surface area contributed by atoms with Crippen LogP contribution in [-0.2, 0) is 9.53 Å². The van der Waals surface area contributed by atoms with Gasteiger partial charge in [-0.15, -0.1) is 0 Å². The maximum Gasteiger partial charge on any atom is 0.225 e. The van der Waals surface area contributed by atoms with E-state index in [-0.39, 0.29) is 11.5 Å². The first-order valence-corrected chi connectivity index (χ1v) is 6.68. The summed E-state index contributed by atoms with van der Waals surface area (Å²) >= 11 is 3.36. The van der Waals surface area contributed by atoms with Gasteiger partial charge in [0.1, 0.15) is 0 Å². The van der Waals surface area contributed by atoms with Crippen molar-refractivity contribution in [2.24, 2.45) is 0 Å². The molecule has 0 saturated heterocycles. The molecule has 0 spiro atoms. The van der Waals surface area contributed by atoms with Crippen LogP contribution in [0.5, 0.6) is 0 Å². The van der Waals surface area contributed by atoms with Crippen LogP contribution in [0.2, 0.25) is 0 Å². The van der Waals surface area contributed by atoms with Crippen LogP contribution in [0, 0.1) is 0 Å². The molecule has 1 saturated carbocycles. The number of hydrogen-bond acceptors (Lipinski definition) is 2. The monoisotopic (exact) mass is 277 g/mol. The zero-order valence-electron chi connectivity index (χ0n) is 9.59. The zero-order valence-corrected chi connectivity index (χ0v) is 11.2. The van der Waals surface area contributed by atoms with Crippen molar-refractivity contribution in [3.63, 3.8) is 0 Å². The topological polar surface area (TPSA) is 29.5 Å². The van der Waals surface area contributed by atoms with Crippen molar-refractivity contribution in [1.29, 1.82) is 0 Å². The normalized spacial score (nSPS) is 18.3. The number of amides is 1. The minimum Gasteiger partial charge on any atom is -0.378 e. The Kier molecular flexibility index (Phi) is 5.06. The van der Waals surface area contributed by atoms with Gasteiger partial charge in [-0.2, -0.15) is 0 Å². The predicted molar refractivity (Wildman–Crippen MR) is 64.3 cm³/mol. The molecule has 0 bridgehead atoms. The number of nitrogens with zero attached hydrogens (tertiary/aromatic N) is 1. The van der Waals surface area contributed by atoms with E-state index in [4.69, 9.17) is 4.74 Å². The highest BCUT2D eigenvalue weighted by Gasteiger charge is 2.39. The van der Waals surface area contributed by atoms with Gasteiger partial charge >= 0.3 is 0 Å². The van der Waals surface area contributed by atoms with E-state index in [2.05, 4.69) is 15.9 Å². The fourth-order valence-corrected chi connectivity index (χ4v) is 2.40. The minimum absolute atomic E-state index is 0.142. The fourth-order valence-electron chi connectivity index (χ4n) is 1.97. The summed E-state index contributed by atoms with van der Waals surface area (Å²) < 4.78 is 5.46. The minimum atomic E-state index is -0.142. The lowest BCUT2D eigenvalue weighted by molar-refractivity contribution is -0.143. The molecule has 3 nitrogen and oxygen atoms in total. The third kappa shape index (κ3) is 3.18. The van der Waals surface area contributed by atoms with Crippen molar-refractivity contribution >= 4 is 21.8 Å². The molecule has 0 aromatic rings. The maximum absolute atomic E-state index is 12.0. The summed E-state index contributed by atoms with van der Waals surface area (Å²) in [6.45, 7) is 3.58. The third-order valence-electron chi connectivity index (χ3n) is 3.26. The highest BCUT2D eigenvalue weighted by Crippen LogP contribution is 2.38. The molecule has 0 atom stereocenters. The molecule has 1 aliphatic carbocycles. The molecule has 4 heteroatoms. The van der Waals surface area contributed by atoms with Gasteiger partial charge in [0.25, 0.3) is 0 Å². The zero-order chi connectivity index (χ0) is 11.3. The fraction of sp³-hybridized carbons (Fsp3) is 0.909. The van der Waals surface area contributed by atoms with E-state index in [1.807, 2.05) is 11.8 Å². The van der Waals surface area contributed by atoms with Gasteiger partial charge in [-0.3, -0.25) is 4.79 Å². The molecule has 1 fully saturated rings. The number of carbonyl (C=O) groups is 1. The van der Waals surface area contributed by atoms with Crippen molar-refractivity contribution in [3.05, 3.63) is 0 Å². The van der Waals surface area contributed by atoms with Gasteiger partial charge in [0.05, 0.1) is 12.0 Å². The second-order valence-corrected chi connectivity index (χ2v) is 4.87. The molecule has 15 heavy (non-hydrogen) atoms. The molecule has 88 valence electrons. The summed E-state index contributed by atoms with van der Waals surface area (Å²) in [4.78, 5) is 13.8. The Morgan fingerprint density at radius 1 is 1.53 bits per heavy atom. The Labute approximate surface area is 100 Å². The second kappa shape index (κ2) is 5.85. The summed E-state index contributed by atoms with van der Waals surface area (Å²) in [6, 6.07) is 0. The van der Waals surface area contributed by atoms with Crippen LogP contribution < -0.4 is 0 Å². The SMILES string of the molecule is CCN(CCBr)C(=O)CC1(OC)CCC1.